The van der Waals surface area contributed by atoms with Crippen molar-refractivity contribution in [2.75, 3.05) is 11.4 Å². The Morgan fingerprint density at radius 1 is 1.62 bits per heavy atom. The van der Waals surface area contributed by atoms with Crippen LogP contribution in [-0.4, -0.2) is 23.7 Å². The molecule has 2 rings (SSSR count). The highest BCUT2D eigenvalue weighted by atomic mass is 79.9. The molecule has 1 aromatic rings. The van der Waals surface area contributed by atoms with Crippen molar-refractivity contribution in [3.63, 3.8) is 0 Å². The molecule has 1 fully saturated rings. The van der Waals surface area contributed by atoms with Gasteiger partial charge < -0.3 is 10.0 Å². The molecule has 0 saturated carbocycles. The Labute approximate surface area is 131 Å². The van der Waals surface area contributed by atoms with Crippen LogP contribution in [0.2, 0.25) is 0 Å². The number of aliphatic carboxylic acids is 1. The highest BCUT2D eigenvalue weighted by Crippen LogP contribution is 2.35. The molecule has 0 amide bonds. The Bertz CT molecular complexity index is 600. The van der Waals surface area contributed by atoms with E-state index in [1.807, 2.05) is 13.0 Å². The zero-order valence-electron chi connectivity index (χ0n) is 11.6. The van der Waals surface area contributed by atoms with Crippen molar-refractivity contribution < 1.29 is 14.3 Å². The molecule has 1 aromatic carbocycles. The van der Waals surface area contributed by atoms with E-state index in [0.29, 0.717) is 18.9 Å². The molecule has 2 atom stereocenters. The predicted molar refractivity (Wildman–Crippen MR) is 80.6 cm³/mol. The maximum absolute atomic E-state index is 14.4. The monoisotopic (exact) mass is 354 g/mol. The summed E-state index contributed by atoms with van der Waals surface area (Å²) in [6, 6.07) is 4.16. The molecule has 1 aliphatic rings. The number of hydrogen-bond acceptors (Lipinski definition) is 3. The van der Waals surface area contributed by atoms with Crippen LogP contribution in [0.4, 0.5) is 10.1 Å². The normalized spacial score (nSPS) is 21.9. The van der Waals surface area contributed by atoms with E-state index in [1.165, 1.54) is 12.1 Å². The quantitative estimate of drug-likeness (QED) is 0.901. The molecule has 112 valence electrons. The van der Waals surface area contributed by atoms with E-state index in [0.717, 1.165) is 12.8 Å². The van der Waals surface area contributed by atoms with Crippen molar-refractivity contribution in [1.29, 1.82) is 5.26 Å². The summed E-state index contributed by atoms with van der Waals surface area (Å²) in [6.07, 6.45) is 2.29. The molecule has 0 aromatic heterocycles. The van der Waals surface area contributed by atoms with E-state index >= 15 is 0 Å². The minimum Gasteiger partial charge on any atom is -0.480 e. The molecule has 0 aliphatic carbocycles. The number of benzene rings is 1. The molecule has 2 unspecified atom stereocenters. The van der Waals surface area contributed by atoms with Gasteiger partial charge in [-0.1, -0.05) is 13.3 Å². The second kappa shape index (κ2) is 6.44. The number of nitriles is 1. The second-order valence-electron chi connectivity index (χ2n) is 5.22. The van der Waals surface area contributed by atoms with E-state index in [-0.39, 0.29) is 15.7 Å². The van der Waals surface area contributed by atoms with Crippen LogP contribution in [0.25, 0.3) is 0 Å². The zero-order valence-corrected chi connectivity index (χ0v) is 13.2. The lowest BCUT2D eigenvalue weighted by Crippen LogP contribution is -2.47. The molecule has 0 radical (unpaired) electrons. The van der Waals surface area contributed by atoms with Gasteiger partial charge in [0.05, 0.1) is 15.7 Å². The number of hydrogen-bond donors (Lipinski definition) is 1. The zero-order chi connectivity index (χ0) is 15.6. The van der Waals surface area contributed by atoms with Crippen LogP contribution >= 0.6 is 15.9 Å². The lowest BCUT2D eigenvalue weighted by atomic mass is 9.88. The fraction of sp³-hybridized carbons (Fsp3) is 0.467. The van der Waals surface area contributed by atoms with Crippen molar-refractivity contribution in [2.45, 2.75) is 32.2 Å². The molecule has 1 saturated heterocycles. The highest BCUT2D eigenvalue weighted by molar-refractivity contribution is 9.10. The minimum atomic E-state index is -0.937. The lowest BCUT2D eigenvalue weighted by Gasteiger charge is -2.38. The van der Waals surface area contributed by atoms with E-state index in [4.69, 9.17) is 5.26 Å². The van der Waals surface area contributed by atoms with Gasteiger partial charge in [0.1, 0.15) is 12.1 Å². The Morgan fingerprint density at radius 2 is 2.33 bits per heavy atom. The third kappa shape index (κ3) is 3.03. The maximum Gasteiger partial charge on any atom is 0.326 e. The average molecular weight is 355 g/mol. The van der Waals surface area contributed by atoms with Gasteiger partial charge in [0.15, 0.2) is 5.82 Å². The van der Waals surface area contributed by atoms with Crippen molar-refractivity contribution in [1.82, 2.24) is 0 Å². The second-order valence-corrected chi connectivity index (χ2v) is 6.01. The van der Waals surface area contributed by atoms with Gasteiger partial charge in [0, 0.05) is 6.54 Å². The Hall–Kier alpha value is -1.61. The Kier molecular flexibility index (Phi) is 4.84. The van der Waals surface area contributed by atoms with Gasteiger partial charge in [-0.2, -0.15) is 5.26 Å². The summed E-state index contributed by atoms with van der Waals surface area (Å²) in [6.45, 7) is 2.54. The van der Waals surface area contributed by atoms with Crippen molar-refractivity contribution in [3.05, 3.63) is 28.0 Å². The van der Waals surface area contributed by atoms with Crippen LogP contribution in [0.1, 0.15) is 31.7 Å². The van der Waals surface area contributed by atoms with Gasteiger partial charge in [0.25, 0.3) is 0 Å². The number of carboxylic acid groups (broad SMARTS) is 1. The largest absolute Gasteiger partial charge is 0.480 e. The third-order valence-corrected chi connectivity index (χ3v) is 4.84. The van der Waals surface area contributed by atoms with Gasteiger partial charge in [-0.3, -0.25) is 0 Å². The summed E-state index contributed by atoms with van der Waals surface area (Å²) in [5, 5.41) is 18.3. The highest BCUT2D eigenvalue weighted by Gasteiger charge is 2.34. The van der Waals surface area contributed by atoms with Crippen LogP contribution in [0, 0.1) is 23.1 Å². The number of piperidine rings is 1. The van der Waals surface area contributed by atoms with Crippen LogP contribution < -0.4 is 4.90 Å². The first-order chi connectivity index (χ1) is 9.99. The topological polar surface area (TPSA) is 64.3 Å². The molecule has 0 bridgehead atoms. The van der Waals surface area contributed by atoms with E-state index in [1.54, 1.807) is 4.90 Å². The van der Waals surface area contributed by atoms with Crippen LogP contribution in [0.5, 0.6) is 0 Å². The minimum absolute atomic E-state index is 0.0873. The van der Waals surface area contributed by atoms with Crippen LogP contribution in [0.3, 0.4) is 0 Å². The molecule has 4 nitrogen and oxygen atoms in total. The molecule has 21 heavy (non-hydrogen) atoms. The summed E-state index contributed by atoms with van der Waals surface area (Å²) in [4.78, 5) is 13.1. The SMILES string of the molecule is CCC1CCN(c2ccc(C#N)c(Br)c2F)C(C(=O)O)C1. The third-order valence-electron chi connectivity index (χ3n) is 4.07. The van der Waals surface area contributed by atoms with E-state index in [2.05, 4.69) is 15.9 Å². The number of carboxylic acids is 1. The number of rotatable bonds is 3. The number of carbonyl (C=O) groups is 1. The summed E-state index contributed by atoms with van der Waals surface area (Å²) < 4.78 is 14.5. The number of halogens is 2. The summed E-state index contributed by atoms with van der Waals surface area (Å²) in [5.41, 5.74) is 0.439. The first-order valence-corrected chi connectivity index (χ1v) is 7.66. The summed E-state index contributed by atoms with van der Waals surface area (Å²) in [7, 11) is 0. The van der Waals surface area contributed by atoms with Gasteiger partial charge in [0.2, 0.25) is 0 Å². The maximum atomic E-state index is 14.4. The molecule has 1 heterocycles. The van der Waals surface area contributed by atoms with Gasteiger partial charge >= 0.3 is 5.97 Å². The van der Waals surface area contributed by atoms with E-state index < -0.39 is 17.8 Å². The molecule has 0 spiro atoms. The first-order valence-electron chi connectivity index (χ1n) is 6.87. The Balaban J connectivity index is 2.38. The van der Waals surface area contributed by atoms with Crippen molar-refractivity contribution in [2.24, 2.45) is 5.92 Å². The smallest absolute Gasteiger partial charge is 0.326 e. The number of nitrogens with zero attached hydrogens (tertiary/aromatic N) is 2. The predicted octanol–water partition coefficient (Wildman–Crippen LogP) is 3.54. The molecule has 1 N–H and O–H groups in total. The van der Waals surface area contributed by atoms with Crippen LogP contribution in [-0.2, 0) is 4.79 Å². The van der Waals surface area contributed by atoms with Crippen molar-refractivity contribution in [3.8, 4) is 6.07 Å². The van der Waals surface area contributed by atoms with E-state index in [9.17, 15) is 14.3 Å². The first kappa shape index (κ1) is 15.8. The van der Waals surface area contributed by atoms with Gasteiger partial charge in [-0.15, -0.1) is 0 Å². The Morgan fingerprint density at radius 3 is 2.90 bits per heavy atom. The van der Waals surface area contributed by atoms with Gasteiger partial charge in [-0.05, 0) is 46.8 Å². The molecular formula is C15H16BrFN2O2. The molecule has 1 aliphatic heterocycles. The lowest BCUT2D eigenvalue weighted by molar-refractivity contribution is -0.139. The fourth-order valence-electron chi connectivity index (χ4n) is 2.78. The standard InChI is InChI=1S/C15H16BrFN2O2/c1-2-9-5-6-19(12(7-9)15(20)21)11-4-3-10(8-18)13(16)14(11)17/h3-4,9,12H,2,5-7H2,1H3,(H,20,21). The molecule has 6 heteroatoms. The summed E-state index contributed by atoms with van der Waals surface area (Å²) >= 11 is 3.07. The average Bonchev–Trinajstić information content (AvgIpc) is 2.49. The molecular weight excluding hydrogens is 339 g/mol. The summed E-state index contributed by atoms with van der Waals surface area (Å²) in [5.74, 6) is -1.16. The van der Waals surface area contributed by atoms with Gasteiger partial charge in [-0.25, -0.2) is 9.18 Å². The number of anilines is 1. The fourth-order valence-corrected chi connectivity index (χ4v) is 3.20. The van der Waals surface area contributed by atoms with Crippen molar-refractivity contribution >= 4 is 27.6 Å². The van der Waals surface area contributed by atoms with Crippen LogP contribution in [0.15, 0.2) is 16.6 Å².